The molecule has 3 amide bonds. The Morgan fingerprint density at radius 1 is 1.11 bits per heavy atom. The Balaban J connectivity index is 1.83. The van der Waals surface area contributed by atoms with E-state index in [2.05, 4.69) is 16.2 Å². The predicted octanol–water partition coefficient (Wildman–Crippen LogP) is 1.87. The lowest BCUT2D eigenvalue weighted by molar-refractivity contribution is -0.131. The fraction of sp³-hybridized carbons (Fsp3) is 0.278. The molecule has 2 aromatic rings. The number of rotatable bonds is 7. The van der Waals surface area contributed by atoms with Gasteiger partial charge >= 0.3 is 0 Å². The highest BCUT2D eigenvalue weighted by Crippen LogP contribution is 2.14. The molecule has 1 aromatic heterocycles. The molecule has 9 heteroatoms. The summed E-state index contributed by atoms with van der Waals surface area (Å²) in [7, 11) is 0. The van der Waals surface area contributed by atoms with Crippen LogP contribution >= 0.6 is 11.3 Å². The lowest BCUT2D eigenvalue weighted by Gasteiger charge is -2.21. The van der Waals surface area contributed by atoms with Crippen LogP contribution in [-0.4, -0.2) is 30.4 Å². The van der Waals surface area contributed by atoms with E-state index in [1.807, 2.05) is 0 Å². The third-order valence-electron chi connectivity index (χ3n) is 3.50. The molecule has 1 aromatic carbocycles. The van der Waals surface area contributed by atoms with Gasteiger partial charge in [0.2, 0.25) is 0 Å². The zero-order chi connectivity index (χ0) is 19.8. The number of carbonyl (C=O) groups is 3. The number of carbonyl (C=O) groups excluding carboxylic acids is 3. The number of nitrogens with one attached hydrogen (secondary N) is 3. The highest BCUT2D eigenvalue weighted by Gasteiger charge is 2.25. The molecule has 0 spiro atoms. The smallest absolute Gasteiger partial charge is 0.276 e. The Hall–Kier alpha value is -2.94. The van der Waals surface area contributed by atoms with E-state index >= 15 is 0 Å². The van der Waals surface area contributed by atoms with Crippen molar-refractivity contribution < 1.29 is 23.5 Å². The second-order valence-corrected chi connectivity index (χ2v) is 6.88. The SMILES string of the molecule is CC(C)[C@H](NC(=O)c1cccs1)C(=O)NNC(=O)COc1ccccc1F. The number of halogens is 1. The highest BCUT2D eigenvalue weighted by molar-refractivity contribution is 7.12. The average Bonchev–Trinajstić information content (AvgIpc) is 3.18. The van der Waals surface area contributed by atoms with Crippen molar-refractivity contribution >= 4 is 29.1 Å². The fourth-order valence-corrected chi connectivity index (χ4v) is 2.73. The van der Waals surface area contributed by atoms with Gasteiger partial charge in [0.15, 0.2) is 18.2 Å². The minimum atomic E-state index is -0.840. The molecule has 2 rings (SSSR count). The molecule has 0 aliphatic rings. The molecule has 0 fully saturated rings. The first-order valence-corrected chi connectivity index (χ1v) is 9.07. The van der Waals surface area contributed by atoms with Gasteiger partial charge in [0.25, 0.3) is 17.7 Å². The van der Waals surface area contributed by atoms with Crippen LogP contribution in [-0.2, 0) is 9.59 Å². The second kappa shape index (κ2) is 9.67. The first-order chi connectivity index (χ1) is 12.9. The van der Waals surface area contributed by atoms with E-state index in [9.17, 15) is 18.8 Å². The van der Waals surface area contributed by atoms with Gasteiger partial charge in [-0.3, -0.25) is 25.2 Å². The van der Waals surface area contributed by atoms with Gasteiger partial charge in [0.1, 0.15) is 6.04 Å². The minimum absolute atomic E-state index is 0.0674. The number of hydrogen-bond donors (Lipinski definition) is 3. The number of hydrogen-bond acceptors (Lipinski definition) is 5. The molecule has 1 heterocycles. The van der Waals surface area contributed by atoms with Gasteiger partial charge < -0.3 is 10.1 Å². The molecule has 144 valence electrons. The van der Waals surface area contributed by atoms with Gasteiger partial charge in [0.05, 0.1) is 4.88 Å². The molecule has 0 unspecified atom stereocenters. The number of thiophene rings is 1. The van der Waals surface area contributed by atoms with E-state index in [0.29, 0.717) is 4.88 Å². The average molecular weight is 393 g/mol. The Morgan fingerprint density at radius 3 is 2.48 bits per heavy atom. The van der Waals surface area contributed by atoms with Gasteiger partial charge in [-0.15, -0.1) is 11.3 Å². The summed E-state index contributed by atoms with van der Waals surface area (Å²) in [5.41, 5.74) is 4.42. The number of benzene rings is 1. The Kier molecular flexibility index (Phi) is 7.30. The summed E-state index contributed by atoms with van der Waals surface area (Å²) in [4.78, 5) is 36.7. The monoisotopic (exact) mass is 393 g/mol. The van der Waals surface area contributed by atoms with E-state index in [4.69, 9.17) is 4.74 Å². The maximum atomic E-state index is 13.4. The Labute approximate surface area is 159 Å². The van der Waals surface area contributed by atoms with Crippen molar-refractivity contribution in [1.82, 2.24) is 16.2 Å². The van der Waals surface area contributed by atoms with Crippen LogP contribution in [0.25, 0.3) is 0 Å². The van der Waals surface area contributed by atoms with Crippen molar-refractivity contribution in [2.45, 2.75) is 19.9 Å². The summed E-state index contributed by atoms with van der Waals surface area (Å²) in [6.45, 7) is 3.05. The molecule has 0 saturated heterocycles. The minimum Gasteiger partial charge on any atom is -0.481 e. The van der Waals surface area contributed by atoms with Crippen molar-refractivity contribution in [3.63, 3.8) is 0 Å². The largest absolute Gasteiger partial charge is 0.481 e. The van der Waals surface area contributed by atoms with Gasteiger partial charge in [-0.1, -0.05) is 32.0 Å². The predicted molar refractivity (Wildman–Crippen MR) is 98.6 cm³/mol. The number of hydrazine groups is 1. The van der Waals surface area contributed by atoms with E-state index < -0.39 is 30.3 Å². The first-order valence-electron chi connectivity index (χ1n) is 8.19. The molecule has 3 N–H and O–H groups in total. The molecule has 0 saturated carbocycles. The lowest BCUT2D eigenvalue weighted by atomic mass is 10.0. The standard InChI is InChI=1S/C18H20FN3O4S/c1-11(2)16(20-17(24)14-8-5-9-27-14)18(25)22-21-15(23)10-26-13-7-4-3-6-12(13)19/h3-9,11,16H,10H2,1-2H3,(H,20,24)(H,21,23)(H,22,25)/t16-/m0/s1. The van der Waals surface area contributed by atoms with E-state index in [0.717, 1.165) is 0 Å². The summed E-state index contributed by atoms with van der Waals surface area (Å²) in [5.74, 6) is -2.48. The molecule has 0 bridgehead atoms. The number of ether oxygens (including phenoxy) is 1. The van der Waals surface area contributed by atoms with Crippen molar-refractivity contribution in [1.29, 1.82) is 0 Å². The summed E-state index contributed by atoms with van der Waals surface area (Å²) >= 11 is 1.26. The Morgan fingerprint density at radius 2 is 1.85 bits per heavy atom. The van der Waals surface area contributed by atoms with Crippen LogP contribution in [0.4, 0.5) is 4.39 Å². The number of amides is 3. The van der Waals surface area contributed by atoms with E-state index in [1.165, 1.54) is 29.5 Å². The first kappa shape index (κ1) is 20.4. The van der Waals surface area contributed by atoms with Crippen LogP contribution < -0.4 is 20.9 Å². The van der Waals surface area contributed by atoms with Crippen LogP contribution in [0.5, 0.6) is 5.75 Å². The second-order valence-electron chi connectivity index (χ2n) is 5.93. The quantitative estimate of drug-likeness (QED) is 0.626. The highest BCUT2D eigenvalue weighted by atomic mass is 32.1. The molecule has 0 aliphatic heterocycles. The normalized spacial score (nSPS) is 11.6. The Bertz CT molecular complexity index is 796. The summed E-state index contributed by atoms with van der Waals surface area (Å²) < 4.78 is 18.5. The van der Waals surface area contributed by atoms with Crippen LogP contribution in [0.15, 0.2) is 41.8 Å². The lowest BCUT2D eigenvalue weighted by Crippen LogP contribution is -2.54. The van der Waals surface area contributed by atoms with Crippen molar-refractivity contribution in [3.8, 4) is 5.75 Å². The van der Waals surface area contributed by atoms with Gasteiger partial charge in [-0.05, 0) is 29.5 Å². The van der Waals surface area contributed by atoms with Crippen LogP contribution in [0.3, 0.4) is 0 Å². The molecule has 7 nitrogen and oxygen atoms in total. The molecular weight excluding hydrogens is 373 g/mol. The van der Waals surface area contributed by atoms with Crippen molar-refractivity contribution in [2.24, 2.45) is 5.92 Å². The van der Waals surface area contributed by atoms with Crippen LogP contribution in [0.1, 0.15) is 23.5 Å². The van der Waals surface area contributed by atoms with Crippen molar-refractivity contribution in [2.75, 3.05) is 6.61 Å². The number of para-hydroxylation sites is 1. The maximum Gasteiger partial charge on any atom is 0.276 e. The molecule has 27 heavy (non-hydrogen) atoms. The maximum absolute atomic E-state index is 13.4. The van der Waals surface area contributed by atoms with Gasteiger partial charge in [-0.25, -0.2) is 4.39 Å². The summed E-state index contributed by atoms with van der Waals surface area (Å²) in [6, 6.07) is 8.21. The molecular formula is C18H20FN3O4S. The zero-order valence-electron chi connectivity index (χ0n) is 14.8. The van der Waals surface area contributed by atoms with Crippen LogP contribution in [0.2, 0.25) is 0 Å². The van der Waals surface area contributed by atoms with E-state index in [-0.39, 0.29) is 17.6 Å². The summed E-state index contributed by atoms with van der Waals surface area (Å²) in [5, 5.41) is 4.39. The van der Waals surface area contributed by atoms with E-state index in [1.54, 1.807) is 37.4 Å². The van der Waals surface area contributed by atoms with Crippen molar-refractivity contribution in [3.05, 3.63) is 52.5 Å². The van der Waals surface area contributed by atoms with Gasteiger partial charge in [0, 0.05) is 0 Å². The summed E-state index contributed by atoms with van der Waals surface area (Å²) in [6.07, 6.45) is 0. The molecule has 1 atom stereocenters. The zero-order valence-corrected chi connectivity index (χ0v) is 15.6. The third kappa shape index (κ3) is 6.07. The van der Waals surface area contributed by atoms with Gasteiger partial charge in [-0.2, -0.15) is 0 Å². The fourth-order valence-electron chi connectivity index (χ4n) is 2.11. The third-order valence-corrected chi connectivity index (χ3v) is 4.37. The van der Waals surface area contributed by atoms with Crippen LogP contribution in [0, 0.1) is 11.7 Å². The molecule has 0 radical (unpaired) electrons. The molecule has 0 aliphatic carbocycles. The topological polar surface area (TPSA) is 96.5 Å².